The first kappa shape index (κ1) is 19.5. The fourth-order valence-corrected chi connectivity index (χ4v) is 2.55. The number of carbonyl (C=O) groups excluding carboxylic acids is 1. The van der Waals surface area contributed by atoms with Crippen LogP contribution in [0.15, 0.2) is 4.52 Å². The first-order chi connectivity index (χ1) is 11.1. The molecule has 1 N–H and O–H groups in total. The number of hydrogen-bond acceptors (Lipinski definition) is 3. The van der Waals surface area contributed by atoms with Gasteiger partial charge in [0.1, 0.15) is 5.76 Å². The molecular weight excluding hydrogens is 290 g/mol. The highest BCUT2D eigenvalue weighted by molar-refractivity contribution is 5.88. The number of amides is 2. The lowest BCUT2D eigenvalue weighted by Gasteiger charge is -2.11. The summed E-state index contributed by atoms with van der Waals surface area (Å²) in [4.78, 5) is 13.4. The van der Waals surface area contributed by atoms with Gasteiger partial charge in [0.05, 0.1) is 0 Å². The number of anilines is 1. The van der Waals surface area contributed by atoms with E-state index >= 15 is 0 Å². The van der Waals surface area contributed by atoms with Gasteiger partial charge < -0.3 is 9.42 Å². The van der Waals surface area contributed by atoms with Crippen LogP contribution in [0.2, 0.25) is 0 Å². The van der Waals surface area contributed by atoms with E-state index in [1.54, 1.807) is 14.1 Å². The van der Waals surface area contributed by atoms with Gasteiger partial charge in [0, 0.05) is 26.1 Å². The average molecular weight is 323 g/mol. The van der Waals surface area contributed by atoms with E-state index in [4.69, 9.17) is 4.52 Å². The number of rotatable bonds is 11. The maximum atomic E-state index is 11.9. The number of aromatic nitrogens is 1. The molecule has 5 heteroatoms. The van der Waals surface area contributed by atoms with Crippen LogP contribution in [0.3, 0.4) is 0 Å². The minimum atomic E-state index is -0.161. The van der Waals surface area contributed by atoms with E-state index in [-0.39, 0.29) is 6.03 Å². The maximum Gasteiger partial charge on any atom is 0.322 e. The van der Waals surface area contributed by atoms with Gasteiger partial charge in [0.15, 0.2) is 5.82 Å². The number of aryl methyl sites for hydroxylation is 1. The Hall–Kier alpha value is -1.52. The molecule has 0 unspecified atom stereocenters. The first-order valence-electron chi connectivity index (χ1n) is 9.05. The fourth-order valence-electron chi connectivity index (χ4n) is 2.55. The SMILES string of the molecule is CCCCCCc1onc(NC(=O)N(C)C)c1CCCCCC. The molecule has 0 spiro atoms. The quantitative estimate of drug-likeness (QED) is 0.582. The zero-order chi connectivity index (χ0) is 17.1. The highest BCUT2D eigenvalue weighted by Gasteiger charge is 2.18. The van der Waals surface area contributed by atoms with Gasteiger partial charge in [-0.25, -0.2) is 4.79 Å². The number of unbranched alkanes of at least 4 members (excludes halogenated alkanes) is 6. The lowest BCUT2D eigenvalue weighted by molar-refractivity contribution is 0.230. The molecule has 0 aromatic carbocycles. The summed E-state index contributed by atoms with van der Waals surface area (Å²) in [7, 11) is 3.45. The summed E-state index contributed by atoms with van der Waals surface area (Å²) in [6.07, 6.45) is 11.4. The minimum Gasteiger partial charge on any atom is -0.359 e. The molecule has 0 radical (unpaired) electrons. The zero-order valence-electron chi connectivity index (χ0n) is 15.3. The third kappa shape index (κ3) is 7.06. The zero-order valence-corrected chi connectivity index (χ0v) is 15.3. The molecule has 0 aliphatic rings. The van der Waals surface area contributed by atoms with Gasteiger partial charge in [-0.1, -0.05) is 57.5 Å². The standard InChI is InChI=1S/C18H33N3O2/c1-5-7-9-11-13-15-16(14-12-10-8-6-2)23-20-17(15)19-18(22)21(3)4/h5-14H2,1-4H3,(H,19,20,22). The summed E-state index contributed by atoms with van der Waals surface area (Å²) in [5.41, 5.74) is 1.09. The van der Waals surface area contributed by atoms with Gasteiger partial charge in [0.2, 0.25) is 0 Å². The van der Waals surface area contributed by atoms with Crippen molar-refractivity contribution >= 4 is 11.8 Å². The van der Waals surface area contributed by atoms with Crippen molar-refractivity contribution in [2.75, 3.05) is 19.4 Å². The van der Waals surface area contributed by atoms with Crippen LogP contribution in [-0.2, 0) is 12.8 Å². The van der Waals surface area contributed by atoms with E-state index in [2.05, 4.69) is 24.3 Å². The van der Waals surface area contributed by atoms with E-state index in [1.165, 1.54) is 43.4 Å². The van der Waals surface area contributed by atoms with Gasteiger partial charge in [-0.15, -0.1) is 0 Å². The van der Waals surface area contributed by atoms with Crippen molar-refractivity contribution in [1.29, 1.82) is 0 Å². The monoisotopic (exact) mass is 323 g/mol. The molecule has 1 aromatic rings. The highest BCUT2D eigenvalue weighted by Crippen LogP contribution is 2.24. The lowest BCUT2D eigenvalue weighted by Crippen LogP contribution is -2.27. The molecule has 132 valence electrons. The van der Waals surface area contributed by atoms with E-state index in [0.29, 0.717) is 5.82 Å². The van der Waals surface area contributed by atoms with Gasteiger partial charge in [-0.2, -0.15) is 0 Å². The van der Waals surface area contributed by atoms with Crippen LogP contribution in [0, 0.1) is 0 Å². The van der Waals surface area contributed by atoms with Crippen LogP contribution in [0.4, 0.5) is 10.6 Å². The molecule has 1 heterocycles. The third-order valence-electron chi connectivity index (χ3n) is 4.04. The Morgan fingerprint density at radius 2 is 1.61 bits per heavy atom. The van der Waals surface area contributed by atoms with Gasteiger partial charge in [-0.05, 0) is 19.3 Å². The van der Waals surface area contributed by atoms with Crippen molar-refractivity contribution in [2.45, 2.75) is 78.1 Å². The van der Waals surface area contributed by atoms with E-state index in [1.807, 2.05) is 0 Å². The summed E-state index contributed by atoms with van der Waals surface area (Å²) >= 11 is 0. The predicted molar refractivity (Wildman–Crippen MR) is 94.9 cm³/mol. The second-order valence-corrected chi connectivity index (χ2v) is 6.38. The molecule has 0 saturated heterocycles. The Kier molecular flexibility index (Phi) is 9.41. The normalized spacial score (nSPS) is 10.8. The molecule has 0 bridgehead atoms. The smallest absolute Gasteiger partial charge is 0.322 e. The van der Waals surface area contributed by atoms with Crippen molar-refractivity contribution in [2.24, 2.45) is 0 Å². The van der Waals surface area contributed by atoms with Gasteiger partial charge in [0.25, 0.3) is 0 Å². The number of urea groups is 1. The Morgan fingerprint density at radius 3 is 2.17 bits per heavy atom. The van der Waals surface area contributed by atoms with Gasteiger partial charge >= 0.3 is 6.03 Å². The molecule has 0 fully saturated rings. The predicted octanol–water partition coefficient (Wildman–Crippen LogP) is 5.01. The van der Waals surface area contributed by atoms with Crippen LogP contribution in [-0.4, -0.2) is 30.2 Å². The fraction of sp³-hybridized carbons (Fsp3) is 0.778. The molecule has 0 saturated carbocycles. The summed E-state index contributed by atoms with van der Waals surface area (Å²) < 4.78 is 5.53. The Balaban J connectivity index is 2.70. The Morgan fingerprint density at radius 1 is 1.00 bits per heavy atom. The van der Waals surface area contributed by atoms with Crippen molar-refractivity contribution in [3.8, 4) is 0 Å². The second kappa shape index (κ2) is 11.1. The van der Waals surface area contributed by atoms with Crippen molar-refractivity contribution in [3.63, 3.8) is 0 Å². The van der Waals surface area contributed by atoms with Gasteiger partial charge in [-0.3, -0.25) is 5.32 Å². The highest BCUT2D eigenvalue weighted by atomic mass is 16.5. The lowest BCUT2D eigenvalue weighted by atomic mass is 10.0. The summed E-state index contributed by atoms with van der Waals surface area (Å²) in [5, 5.41) is 6.96. The number of carbonyl (C=O) groups is 1. The Labute approximate surface area is 140 Å². The topological polar surface area (TPSA) is 58.4 Å². The number of hydrogen-bond donors (Lipinski definition) is 1. The third-order valence-corrected chi connectivity index (χ3v) is 4.04. The molecule has 2 amide bonds. The van der Waals surface area contributed by atoms with Crippen molar-refractivity contribution < 1.29 is 9.32 Å². The second-order valence-electron chi connectivity index (χ2n) is 6.38. The van der Waals surface area contributed by atoms with E-state index in [9.17, 15) is 4.79 Å². The molecule has 5 nitrogen and oxygen atoms in total. The molecule has 1 rings (SSSR count). The number of nitrogens with one attached hydrogen (secondary N) is 1. The Bertz CT molecular complexity index is 455. The van der Waals surface area contributed by atoms with Crippen LogP contribution >= 0.6 is 0 Å². The molecule has 0 aliphatic heterocycles. The summed E-state index contributed by atoms with van der Waals surface area (Å²) in [5.74, 6) is 1.55. The summed E-state index contributed by atoms with van der Waals surface area (Å²) in [6, 6.07) is -0.161. The van der Waals surface area contributed by atoms with Crippen molar-refractivity contribution in [3.05, 3.63) is 11.3 Å². The number of nitrogens with zero attached hydrogens (tertiary/aromatic N) is 2. The summed E-state index contributed by atoms with van der Waals surface area (Å²) in [6.45, 7) is 4.42. The van der Waals surface area contributed by atoms with Crippen LogP contribution in [0.5, 0.6) is 0 Å². The largest absolute Gasteiger partial charge is 0.359 e. The van der Waals surface area contributed by atoms with Crippen LogP contribution < -0.4 is 5.32 Å². The maximum absolute atomic E-state index is 11.9. The molecule has 23 heavy (non-hydrogen) atoms. The van der Waals surface area contributed by atoms with E-state index in [0.717, 1.165) is 37.0 Å². The molecule has 0 atom stereocenters. The van der Waals surface area contributed by atoms with Crippen LogP contribution in [0.25, 0.3) is 0 Å². The molecular formula is C18H33N3O2. The molecule has 0 aliphatic carbocycles. The van der Waals surface area contributed by atoms with Crippen molar-refractivity contribution in [1.82, 2.24) is 10.1 Å². The first-order valence-corrected chi connectivity index (χ1v) is 9.05. The average Bonchev–Trinajstić information content (AvgIpc) is 2.90. The van der Waals surface area contributed by atoms with E-state index < -0.39 is 0 Å². The minimum absolute atomic E-state index is 0.161. The molecule has 1 aromatic heterocycles. The van der Waals surface area contributed by atoms with Crippen LogP contribution in [0.1, 0.15) is 76.5 Å².